The number of halogens is 3. The quantitative estimate of drug-likeness (QED) is 0.265. The SMILES string of the molecule is CC(C)(C)[C@@H](N=Cc1cccc(Br)n1)C1=N[C@@H](c2ccccc2)CO1.[Cl][Cu][Cl]. The summed E-state index contributed by atoms with van der Waals surface area (Å²) < 4.78 is 6.72. The maximum absolute atomic E-state index is 5.93. The molecule has 0 amide bonds. The zero-order chi connectivity index (χ0) is 20.6. The molecule has 155 valence electrons. The molecule has 0 N–H and O–H groups in total. The second-order valence-electron chi connectivity index (χ2n) is 7.18. The zero-order valence-electron chi connectivity index (χ0n) is 15.7. The number of nitrogens with zero attached hydrogens (tertiary/aromatic N) is 3. The molecule has 1 aliphatic heterocycles. The molecule has 4 nitrogen and oxygen atoms in total. The van der Waals surface area contributed by atoms with E-state index in [9.17, 15) is 0 Å². The van der Waals surface area contributed by atoms with Crippen LogP contribution in [-0.2, 0) is 17.9 Å². The van der Waals surface area contributed by atoms with Crippen molar-refractivity contribution in [3.05, 3.63) is 64.4 Å². The summed E-state index contributed by atoms with van der Waals surface area (Å²) >= 11 is 4.14. The van der Waals surface area contributed by atoms with Crippen LogP contribution in [-0.4, -0.2) is 29.7 Å². The van der Waals surface area contributed by atoms with Crippen LogP contribution in [0.5, 0.6) is 0 Å². The predicted octanol–water partition coefficient (Wildman–Crippen LogP) is 6.22. The van der Waals surface area contributed by atoms with Crippen LogP contribution >= 0.6 is 36.1 Å². The van der Waals surface area contributed by atoms with Gasteiger partial charge in [-0.1, -0.05) is 57.2 Å². The Morgan fingerprint density at radius 1 is 1.18 bits per heavy atom. The number of hydrogen-bond donors (Lipinski definition) is 0. The summed E-state index contributed by atoms with van der Waals surface area (Å²) in [6, 6.07) is 15.9. The first kappa shape index (κ1) is 23.4. The summed E-state index contributed by atoms with van der Waals surface area (Å²) in [6.07, 6.45) is 1.79. The van der Waals surface area contributed by atoms with Gasteiger partial charge in [0.2, 0.25) is 5.90 Å². The zero-order valence-corrected chi connectivity index (χ0v) is 19.8. The molecule has 1 aromatic carbocycles. The number of rotatable bonds is 4. The van der Waals surface area contributed by atoms with Gasteiger partial charge in [0.25, 0.3) is 0 Å². The third kappa shape index (κ3) is 7.16. The third-order valence-electron chi connectivity index (χ3n) is 4.00. The maximum atomic E-state index is 5.93. The van der Waals surface area contributed by atoms with Crippen molar-refractivity contribution in [2.75, 3.05) is 6.61 Å². The van der Waals surface area contributed by atoms with Crippen molar-refractivity contribution in [3.8, 4) is 0 Å². The Balaban J connectivity index is 0.000000878. The van der Waals surface area contributed by atoms with Crippen molar-refractivity contribution in [1.82, 2.24) is 4.98 Å². The molecule has 8 heteroatoms. The summed E-state index contributed by atoms with van der Waals surface area (Å²) in [6.45, 7) is 7.00. The van der Waals surface area contributed by atoms with E-state index in [0.717, 1.165) is 23.4 Å². The molecule has 3 rings (SSSR count). The van der Waals surface area contributed by atoms with Crippen molar-refractivity contribution >= 4 is 48.2 Å². The summed E-state index contributed by atoms with van der Waals surface area (Å²) in [4.78, 5) is 14.0. The van der Waals surface area contributed by atoms with Crippen LogP contribution in [0.3, 0.4) is 0 Å². The van der Waals surface area contributed by atoms with E-state index < -0.39 is 0 Å². The van der Waals surface area contributed by atoms with Gasteiger partial charge in [-0.2, -0.15) is 0 Å². The first-order valence-corrected chi connectivity index (χ1v) is 12.0. The van der Waals surface area contributed by atoms with E-state index in [2.05, 4.69) is 74.0 Å². The second kappa shape index (κ2) is 11.3. The monoisotopic (exact) mass is 532 g/mol. The molecular formula is C20H22BrCl2CuN3O. The fourth-order valence-electron chi connectivity index (χ4n) is 2.69. The van der Waals surface area contributed by atoms with Gasteiger partial charge in [-0.05, 0) is 39.0 Å². The average Bonchev–Trinajstić information content (AvgIpc) is 3.12. The Labute approximate surface area is 189 Å². The van der Waals surface area contributed by atoms with Crippen molar-refractivity contribution in [1.29, 1.82) is 0 Å². The van der Waals surface area contributed by atoms with Crippen LogP contribution in [0.4, 0.5) is 0 Å². The summed E-state index contributed by atoms with van der Waals surface area (Å²) in [5, 5.41) is 0. The van der Waals surface area contributed by atoms with Crippen molar-refractivity contribution in [2.24, 2.45) is 15.4 Å². The molecule has 0 spiro atoms. The standard InChI is InChI=1S/C20H22BrN3O.2ClH.Cu/c1-20(2,3)18(22-12-15-10-7-11-17(21)23-15)19-24-16(13-25-19)14-8-5-4-6-9-14;;;/h4-12,16,18H,13H2,1-3H3;2*1H;/q;;;+2/p-2/t16-,18+;;;/m1.../s1. The summed E-state index contributed by atoms with van der Waals surface area (Å²) in [5.41, 5.74) is 1.87. The van der Waals surface area contributed by atoms with E-state index in [0.29, 0.717) is 12.5 Å². The van der Waals surface area contributed by atoms with E-state index in [1.165, 1.54) is 5.56 Å². The summed E-state index contributed by atoms with van der Waals surface area (Å²) in [7, 11) is 9.34. The van der Waals surface area contributed by atoms with E-state index in [4.69, 9.17) is 14.7 Å². The Hall–Kier alpha value is -0.911. The molecule has 2 atom stereocenters. The first-order chi connectivity index (χ1) is 13.3. The average molecular weight is 535 g/mol. The molecule has 2 aromatic rings. The van der Waals surface area contributed by atoms with Crippen LogP contribution in [0.15, 0.2) is 63.1 Å². The van der Waals surface area contributed by atoms with Crippen molar-refractivity contribution in [3.63, 3.8) is 0 Å². The Kier molecular flexibility index (Phi) is 9.45. The molecule has 0 bridgehead atoms. The molecule has 0 saturated carbocycles. The van der Waals surface area contributed by atoms with Gasteiger partial charge in [-0.3, -0.25) is 4.99 Å². The van der Waals surface area contributed by atoms with Crippen LogP contribution in [0, 0.1) is 5.41 Å². The van der Waals surface area contributed by atoms with Gasteiger partial charge >= 0.3 is 33.3 Å². The molecule has 0 unspecified atom stereocenters. The molecule has 0 saturated heterocycles. The van der Waals surface area contributed by atoms with Gasteiger partial charge < -0.3 is 4.74 Å². The van der Waals surface area contributed by atoms with Crippen LogP contribution in [0.1, 0.15) is 38.1 Å². The Morgan fingerprint density at radius 3 is 2.46 bits per heavy atom. The van der Waals surface area contributed by atoms with Gasteiger partial charge in [0.15, 0.2) is 0 Å². The van der Waals surface area contributed by atoms with E-state index in [-0.39, 0.29) is 17.5 Å². The Morgan fingerprint density at radius 2 is 1.86 bits per heavy atom. The predicted molar refractivity (Wildman–Crippen MR) is 117 cm³/mol. The van der Waals surface area contributed by atoms with Crippen LogP contribution < -0.4 is 0 Å². The minimum absolute atomic E-state index is 0.0419. The summed E-state index contributed by atoms with van der Waals surface area (Å²) in [5.74, 6) is 0.701. The van der Waals surface area contributed by atoms with Crippen LogP contribution in [0.2, 0.25) is 0 Å². The number of aliphatic imine (C=N–C) groups is 2. The molecule has 0 radical (unpaired) electrons. The molecular weight excluding hydrogens is 513 g/mol. The van der Waals surface area contributed by atoms with Crippen LogP contribution in [0.25, 0.3) is 0 Å². The van der Waals surface area contributed by atoms with Gasteiger partial charge in [-0.15, -0.1) is 0 Å². The third-order valence-corrected chi connectivity index (χ3v) is 4.44. The number of ether oxygens (including phenoxy) is 1. The topological polar surface area (TPSA) is 46.8 Å². The van der Waals surface area contributed by atoms with Crippen molar-refractivity contribution in [2.45, 2.75) is 32.9 Å². The molecule has 0 fully saturated rings. The van der Waals surface area contributed by atoms with E-state index in [1.54, 1.807) is 6.21 Å². The fraction of sp³-hybridized carbons (Fsp3) is 0.350. The fourth-order valence-corrected chi connectivity index (χ4v) is 3.05. The first-order valence-electron chi connectivity index (χ1n) is 8.57. The van der Waals surface area contributed by atoms with Crippen molar-refractivity contribution < 1.29 is 17.9 Å². The van der Waals surface area contributed by atoms with Gasteiger partial charge in [-0.25, -0.2) is 9.98 Å². The number of aromatic nitrogens is 1. The Bertz CT molecular complexity index is 813. The number of pyridine rings is 1. The van der Waals surface area contributed by atoms with E-state index in [1.807, 2.05) is 36.4 Å². The molecule has 1 aromatic heterocycles. The minimum atomic E-state index is -0.151. The van der Waals surface area contributed by atoms with E-state index >= 15 is 0 Å². The molecule has 1 aliphatic rings. The second-order valence-corrected chi connectivity index (χ2v) is 9.55. The number of hydrogen-bond acceptors (Lipinski definition) is 4. The molecule has 28 heavy (non-hydrogen) atoms. The van der Waals surface area contributed by atoms with Gasteiger partial charge in [0.05, 0.1) is 5.69 Å². The molecule has 0 aliphatic carbocycles. The van der Waals surface area contributed by atoms with Gasteiger partial charge in [0.1, 0.15) is 23.3 Å². The normalized spacial score (nSPS) is 17.6. The van der Waals surface area contributed by atoms with Gasteiger partial charge in [0, 0.05) is 6.21 Å². The number of benzene rings is 1. The molecule has 2 heterocycles.